The summed E-state index contributed by atoms with van der Waals surface area (Å²) in [5.41, 5.74) is 0. The van der Waals surface area contributed by atoms with E-state index in [2.05, 4.69) is 5.32 Å². The molecule has 0 aromatic heterocycles. The zero-order valence-electron chi connectivity index (χ0n) is 4.23. The van der Waals surface area contributed by atoms with Gasteiger partial charge in [-0.1, -0.05) is 6.42 Å². The molecule has 0 bridgehead atoms. The first kappa shape index (κ1) is 5.04. The topological polar surface area (TPSA) is 14.1 Å². The summed E-state index contributed by atoms with van der Waals surface area (Å²) < 4.78 is 12.1. The Balaban J connectivity index is 2.12. The molecule has 1 nitrogen and oxygen atoms in total. The molecule has 0 N–H and O–H groups in total. The summed E-state index contributed by atoms with van der Waals surface area (Å²) in [5.74, 6) is 0. The Morgan fingerprint density at radius 3 is 2.71 bits per heavy atom. The van der Waals surface area contributed by atoms with Gasteiger partial charge in [0.1, 0.15) is 0 Å². The smallest absolute Gasteiger partial charge is 0.0814 e. The molecule has 1 heterocycles. The van der Waals surface area contributed by atoms with Crippen molar-refractivity contribution in [1.29, 1.82) is 0 Å². The molecule has 0 spiro atoms. The molecular formula is C5H9FN-. The zero-order chi connectivity index (χ0) is 5.11. The second-order valence-corrected chi connectivity index (χ2v) is 1.87. The quantitative estimate of drug-likeness (QED) is 0.440. The number of nitrogens with zero attached hydrogens (tertiary/aromatic N) is 1. The van der Waals surface area contributed by atoms with Gasteiger partial charge in [-0.15, -0.1) is 13.1 Å². The van der Waals surface area contributed by atoms with Crippen molar-refractivity contribution in [2.75, 3.05) is 13.1 Å². The van der Waals surface area contributed by atoms with Gasteiger partial charge in [0.15, 0.2) is 0 Å². The number of piperidine rings is 1. The summed E-state index contributed by atoms with van der Waals surface area (Å²) >= 11 is 0. The minimum absolute atomic E-state index is 0.444. The van der Waals surface area contributed by atoms with E-state index in [9.17, 15) is 4.39 Å². The summed E-state index contributed by atoms with van der Waals surface area (Å²) in [6.45, 7) is 1.32. The molecule has 0 saturated carbocycles. The summed E-state index contributed by atoms with van der Waals surface area (Å²) in [5, 5.41) is 3.88. The molecule has 0 aromatic carbocycles. The molecule has 0 amide bonds. The standard InChI is InChI=1S/C5H9FN/c6-5-2-1-3-7-4-5/h5H,1-4H2/q-1. The fourth-order valence-corrected chi connectivity index (χ4v) is 0.747. The Morgan fingerprint density at radius 2 is 2.43 bits per heavy atom. The fraction of sp³-hybridized carbons (Fsp3) is 1.00. The highest BCUT2D eigenvalue weighted by molar-refractivity contribution is 4.88. The van der Waals surface area contributed by atoms with Crippen LogP contribution in [-0.4, -0.2) is 19.3 Å². The van der Waals surface area contributed by atoms with Crippen LogP contribution in [0.4, 0.5) is 4.39 Å². The molecule has 2 heteroatoms. The maximum absolute atomic E-state index is 12.1. The van der Waals surface area contributed by atoms with E-state index in [0.717, 1.165) is 19.4 Å². The molecule has 42 valence electrons. The first-order chi connectivity index (χ1) is 3.39. The first-order valence-corrected chi connectivity index (χ1v) is 2.67. The van der Waals surface area contributed by atoms with E-state index in [1.807, 2.05) is 0 Å². The Morgan fingerprint density at radius 1 is 1.57 bits per heavy atom. The number of alkyl halides is 1. The molecule has 1 fully saturated rings. The van der Waals surface area contributed by atoms with E-state index in [-0.39, 0.29) is 0 Å². The van der Waals surface area contributed by atoms with Crippen molar-refractivity contribution in [1.82, 2.24) is 0 Å². The van der Waals surface area contributed by atoms with Gasteiger partial charge in [0, 0.05) is 0 Å². The highest BCUT2D eigenvalue weighted by atomic mass is 19.1. The summed E-state index contributed by atoms with van der Waals surface area (Å²) in [4.78, 5) is 0. The zero-order valence-corrected chi connectivity index (χ0v) is 4.23. The van der Waals surface area contributed by atoms with Crippen LogP contribution in [0.25, 0.3) is 5.32 Å². The molecule has 1 unspecified atom stereocenters. The van der Waals surface area contributed by atoms with E-state index in [1.54, 1.807) is 0 Å². The molecule has 1 aliphatic rings. The third-order valence-electron chi connectivity index (χ3n) is 1.16. The van der Waals surface area contributed by atoms with Crippen LogP contribution < -0.4 is 0 Å². The lowest BCUT2D eigenvalue weighted by molar-refractivity contribution is 0.312. The van der Waals surface area contributed by atoms with Crippen LogP contribution in [0.1, 0.15) is 12.8 Å². The number of halogens is 1. The predicted octanol–water partition coefficient (Wildman–Crippen LogP) is 1.49. The second-order valence-electron chi connectivity index (χ2n) is 1.87. The molecule has 1 saturated heterocycles. The molecule has 1 rings (SSSR count). The Bertz CT molecular complexity index is 50.0. The average molecular weight is 102 g/mol. The highest BCUT2D eigenvalue weighted by Crippen LogP contribution is 2.12. The molecule has 0 aliphatic carbocycles. The molecule has 1 atom stereocenters. The van der Waals surface area contributed by atoms with Crippen LogP contribution >= 0.6 is 0 Å². The Hall–Kier alpha value is -0.110. The molecular weight excluding hydrogens is 93.1 g/mol. The van der Waals surface area contributed by atoms with E-state index in [4.69, 9.17) is 0 Å². The van der Waals surface area contributed by atoms with Gasteiger partial charge in [-0.2, -0.15) is 0 Å². The van der Waals surface area contributed by atoms with Gasteiger partial charge in [-0.05, 0) is 6.42 Å². The van der Waals surface area contributed by atoms with Gasteiger partial charge in [0.25, 0.3) is 0 Å². The van der Waals surface area contributed by atoms with Crippen molar-refractivity contribution < 1.29 is 4.39 Å². The largest absolute Gasteiger partial charge is 0.660 e. The van der Waals surface area contributed by atoms with E-state index >= 15 is 0 Å². The SMILES string of the molecule is FC1CCC[N-]C1. The molecule has 0 radical (unpaired) electrons. The minimum atomic E-state index is -0.631. The minimum Gasteiger partial charge on any atom is -0.660 e. The maximum Gasteiger partial charge on any atom is 0.0814 e. The summed E-state index contributed by atoms with van der Waals surface area (Å²) in [6.07, 6.45) is 1.04. The Kier molecular flexibility index (Phi) is 1.63. The third-order valence-corrected chi connectivity index (χ3v) is 1.16. The second kappa shape index (κ2) is 2.26. The number of rotatable bonds is 0. The van der Waals surface area contributed by atoms with Crippen LogP contribution in [0.5, 0.6) is 0 Å². The van der Waals surface area contributed by atoms with Gasteiger partial charge in [0.2, 0.25) is 0 Å². The van der Waals surface area contributed by atoms with Gasteiger partial charge < -0.3 is 5.32 Å². The van der Waals surface area contributed by atoms with Crippen molar-refractivity contribution in [3.8, 4) is 0 Å². The van der Waals surface area contributed by atoms with Crippen LogP contribution in [-0.2, 0) is 0 Å². The predicted molar refractivity (Wildman–Crippen MR) is 27.2 cm³/mol. The lowest BCUT2D eigenvalue weighted by atomic mass is 10.1. The van der Waals surface area contributed by atoms with Crippen molar-refractivity contribution in [3.63, 3.8) is 0 Å². The fourth-order valence-electron chi connectivity index (χ4n) is 0.747. The summed E-state index contributed by atoms with van der Waals surface area (Å²) in [7, 11) is 0. The molecule has 7 heavy (non-hydrogen) atoms. The average Bonchev–Trinajstić information content (AvgIpc) is 1.69. The van der Waals surface area contributed by atoms with Crippen LogP contribution in [0, 0.1) is 0 Å². The van der Waals surface area contributed by atoms with Crippen molar-refractivity contribution in [3.05, 3.63) is 5.32 Å². The van der Waals surface area contributed by atoms with Crippen LogP contribution in [0.15, 0.2) is 0 Å². The van der Waals surface area contributed by atoms with Crippen molar-refractivity contribution in [2.45, 2.75) is 19.0 Å². The molecule has 0 aromatic rings. The van der Waals surface area contributed by atoms with Gasteiger partial charge in [0.05, 0.1) is 6.17 Å². The first-order valence-electron chi connectivity index (χ1n) is 2.67. The van der Waals surface area contributed by atoms with Crippen molar-refractivity contribution in [2.24, 2.45) is 0 Å². The Labute approximate surface area is 42.9 Å². The monoisotopic (exact) mass is 102 g/mol. The van der Waals surface area contributed by atoms with E-state index in [0.29, 0.717) is 6.54 Å². The normalized spacial score (nSPS) is 33.0. The summed E-state index contributed by atoms with van der Waals surface area (Å²) in [6, 6.07) is 0. The van der Waals surface area contributed by atoms with Gasteiger partial charge in [-0.3, -0.25) is 0 Å². The van der Waals surface area contributed by atoms with Crippen molar-refractivity contribution >= 4 is 0 Å². The number of hydrogen-bond donors (Lipinski definition) is 0. The molecule has 1 aliphatic heterocycles. The van der Waals surface area contributed by atoms with E-state index < -0.39 is 6.17 Å². The third kappa shape index (κ3) is 1.43. The lowest BCUT2D eigenvalue weighted by Gasteiger charge is -2.27. The van der Waals surface area contributed by atoms with Gasteiger partial charge in [-0.25, -0.2) is 4.39 Å². The van der Waals surface area contributed by atoms with Crippen LogP contribution in [0.2, 0.25) is 0 Å². The maximum atomic E-state index is 12.1. The highest BCUT2D eigenvalue weighted by Gasteiger charge is 2.01. The van der Waals surface area contributed by atoms with Crippen LogP contribution in [0.3, 0.4) is 0 Å². The number of hydrogen-bond acceptors (Lipinski definition) is 0. The lowest BCUT2D eigenvalue weighted by Crippen LogP contribution is -2.12. The van der Waals surface area contributed by atoms with E-state index in [1.165, 1.54) is 0 Å². The van der Waals surface area contributed by atoms with Gasteiger partial charge >= 0.3 is 0 Å².